The fourth-order valence-corrected chi connectivity index (χ4v) is 1.65. The molecule has 6 heteroatoms. The Morgan fingerprint density at radius 3 is 2.75 bits per heavy atom. The van der Waals surface area contributed by atoms with Crippen LogP contribution in [0.1, 0.15) is 17.7 Å². The molecule has 2 rings (SSSR count). The van der Waals surface area contributed by atoms with Crippen molar-refractivity contribution in [1.29, 1.82) is 0 Å². The molecule has 0 aliphatic rings. The molecule has 2 N–H and O–H groups in total. The van der Waals surface area contributed by atoms with Crippen molar-refractivity contribution in [2.24, 2.45) is 0 Å². The fraction of sp³-hybridized carbons (Fsp3) is 0.286. The lowest BCUT2D eigenvalue weighted by Gasteiger charge is -2.05. The van der Waals surface area contributed by atoms with E-state index in [1.807, 2.05) is 0 Å². The zero-order chi connectivity index (χ0) is 14.4. The Kier molecular flexibility index (Phi) is 4.70. The van der Waals surface area contributed by atoms with Crippen molar-refractivity contribution in [1.82, 2.24) is 10.5 Å². The first-order chi connectivity index (χ1) is 9.63. The SMILES string of the molecule is Cc1cc(NCCC(=O)NCc2ccc(F)cc2)no1. The van der Waals surface area contributed by atoms with Crippen LogP contribution < -0.4 is 10.6 Å². The molecule has 0 spiro atoms. The highest BCUT2D eigenvalue weighted by atomic mass is 19.1. The highest BCUT2D eigenvalue weighted by Gasteiger charge is 2.03. The number of halogens is 1. The van der Waals surface area contributed by atoms with Crippen LogP contribution in [-0.2, 0) is 11.3 Å². The Morgan fingerprint density at radius 2 is 2.10 bits per heavy atom. The van der Waals surface area contributed by atoms with E-state index in [1.165, 1.54) is 12.1 Å². The molecule has 0 aliphatic carbocycles. The standard InChI is InChI=1S/C14H16FN3O2/c1-10-8-13(18-20-10)16-7-6-14(19)17-9-11-2-4-12(15)5-3-11/h2-5,8H,6-7,9H2,1H3,(H,16,18)(H,17,19). The summed E-state index contributed by atoms with van der Waals surface area (Å²) >= 11 is 0. The maximum absolute atomic E-state index is 12.7. The van der Waals surface area contributed by atoms with Crippen LogP contribution >= 0.6 is 0 Å². The van der Waals surface area contributed by atoms with Crippen LogP contribution in [0.5, 0.6) is 0 Å². The third kappa shape index (κ3) is 4.38. The number of hydrogen-bond donors (Lipinski definition) is 2. The van der Waals surface area contributed by atoms with Crippen molar-refractivity contribution in [3.8, 4) is 0 Å². The van der Waals surface area contributed by atoms with E-state index in [1.54, 1.807) is 25.1 Å². The number of anilines is 1. The van der Waals surface area contributed by atoms with Gasteiger partial charge in [-0.25, -0.2) is 4.39 Å². The maximum Gasteiger partial charge on any atom is 0.222 e. The van der Waals surface area contributed by atoms with Crippen LogP contribution in [0, 0.1) is 12.7 Å². The summed E-state index contributed by atoms with van der Waals surface area (Å²) in [5.74, 6) is 0.969. The molecule has 0 saturated heterocycles. The number of nitrogens with zero attached hydrogens (tertiary/aromatic N) is 1. The topological polar surface area (TPSA) is 67.2 Å². The lowest BCUT2D eigenvalue weighted by atomic mass is 10.2. The molecule has 106 valence electrons. The predicted molar refractivity (Wildman–Crippen MR) is 72.6 cm³/mol. The molecule has 1 amide bonds. The molecule has 0 atom stereocenters. The summed E-state index contributed by atoms with van der Waals surface area (Å²) in [6, 6.07) is 7.79. The average molecular weight is 277 g/mol. The molecule has 1 heterocycles. The molecule has 1 aromatic heterocycles. The van der Waals surface area contributed by atoms with Gasteiger partial charge in [-0.1, -0.05) is 17.3 Å². The zero-order valence-corrected chi connectivity index (χ0v) is 11.1. The average Bonchev–Trinajstić information content (AvgIpc) is 2.84. The number of carbonyl (C=O) groups is 1. The Balaban J connectivity index is 1.66. The fourth-order valence-electron chi connectivity index (χ4n) is 1.65. The normalized spacial score (nSPS) is 10.3. The van der Waals surface area contributed by atoms with Crippen LogP contribution in [0.3, 0.4) is 0 Å². The summed E-state index contributed by atoms with van der Waals surface area (Å²) in [6.07, 6.45) is 0.326. The van der Waals surface area contributed by atoms with Gasteiger partial charge in [0.25, 0.3) is 0 Å². The van der Waals surface area contributed by atoms with Gasteiger partial charge in [0.05, 0.1) is 0 Å². The molecule has 0 aliphatic heterocycles. The van der Waals surface area contributed by atoms with Gasteiger partial charge in [-0.2, -0.15) is 0 Å². The first-order valence-electron chi connectivity index (χ1n) is 6.32. The second kappa shape index (κ2) is 6.70. The maximum atomic E-state index is 12.7. The van der Waals surface area contributed by atoms with Crippen molar-refractivity contribution < 1.29 is 13.7 Å². The van der Waals surface area contributed by atoms with Gasteiger partial charge in [0, 0.05) is 25.6 Å². The first-order valence-corrected chi connectivity index (χ1v) is 6.32. The van der Waals surface area contributed by atoms with E-state index in [4.69, 9.17) is 4.52 Å². The minimum absolute atomic E-state index is 0.0814. The van der Waals surface area contributed by atoms with E-state index in [-0.39, 0.29) is 11.7 Å². The number of rotatable bonds is 6. The summed E-state index contributed by atoms with van der Waals surface area (Å²) in [7, 11) is 0. The third-order valence-electron chi connectivity index (χ3n) is 2.69. The Labute approximate surface area is 116 Å². The number of carbonyl (C=O) groups excluding carboxylic acids is 1. The van der Waals surface area contributed by atoms with Gasteiger partial charge in [0.1, 0.15) is 11.6 Å². The highest BCUT2D eigenvalue weighted by Crippen LogP contribution is 2.06. The van der Waals surface area contributed by atoms with E-state index < -0.39 is 0 Å². The minimum Gasteiger partial charge on any atom is -0.367 e. The minimum atomic E-state index is -0.285. The smallest absolute Gasteiger partial charge is 0.222 e. The third-order valence-corrected chi connectivity index (χ3v) is 2.69. The van der Waals surface area contributed by atoms with E-state index >= 15 is 0 Å². The highest BCUT2D eigenvalue weighted by molar-refractivity contribution is 5.76. The number of benzene rings is 1. The summed E-state index contributed by atoms with van der Waals surface area (Å²) in [5.41, 5.74) is 0.861. The predicted octanol–water partition coefficient (Wildman–Crippen LogP) is 2.24. The number of hydrogen-bond acceptors (Lipinski definition) is 4. The molecule has 0 saturated carbocycles. The monoisotopic (exact) mass is 277 g/mol. The molecular formula is C14H16FN3O2. The van der Waals surface area contributed by atoms with Gasteiger partial charge >= 0.3 is 0 Å². The summed E-state index contributed by atoms with van der Waals surface area (Å²) in [6.45, 7) is 2.66. The van der Waals surface area contributed by atoms with Gasteiger partial charge in [-0.3, -0.25) is 4.79 Å². The lowest BCUT2D eigenvalue weighted by molar-refractivity contribution is -0.121. The number of nitrogens with one attached hydrogen (secondary N) is 2. The second-order valence-electron chi connectivity index (χ2n) is 4.40. The van der Waals surface area contributed by atoms with Gasteiger partial charge in [-0.15, -0.1) is 0 Å². The lowest BCUT2D eigenvalue weighted by Crippen LogP contribution is -2.24. The summed E-state index contributed by atoms with van der Waals surface area (Å²) in [4.78, 5) is 11.6. The molecule has 0 radical (unpaired) electrons. The number of aryl methyl sites for hydroxylation is 1. The van der Waals surface area contributed by atoms with Crippen LogP contribution in [-0.4, -0.2) is 17.6 Å². The molecule has 0 bridgehead atoms. The Bertz CT molecular complexity index is 566. The molecular weight excluding hydrogens is 261 g/mol. The first kappa shape index (κ1) is 14.0. The van der Waals surface area contributed by atoms with E-state index in [0.29, 0.717) is 31.1 Å². The molecule has 2 aromatic rings. The van der Waals surface area contributed by atoms with Gasteiger partial charge in [0.15, 0.2) is 5.82 Å². The van der Waals surface area contributed by atoms with Gasteiger partial charge in [-0.05, 0) is 24.6 Å². The van der Waals surface area contributed by atoms with Crippen molar-refractivity contribution in [2.75, 3.05) is 11.9 Å². The largest absolute Gasteiger partial charge is 0.367 e. The quantitative estimate of drug-likeness (QED) is 0.849. The van der Waals surface area contributed by atoms with E-state index in [0.717, 1.165) is 5.56 Å². The van der Waals surface area contributed by atoms with E-state index in [2.05, 4.69) is 15.8 Å². The number of amides is 1. The molecule has 0 unspecified atom stereocenters. The van der Waals surface area contributed by atoms with Gasteiger partial charge in [0.2, 0.25) is 5.91 Å². The summed E-state index contributed by atoms with van der Waals surface area (Å²) in [5, 5.41) is 9.51. The summed E-state index contributed by atoms with van der Waals surface area (Å²) < 4.78 is 17.6. The molecule has 0 fully saturated rings. The van der Waals surface area contributed by atoms with Crippen molar-refractivity contribution in [3.63, 3.8) is 0 Å². The van der Waals surface area contributed by atoms with Crippen LogP contribution in [0.15, 0.2) is 34.9 Å². The van der Waals surface area contributed by atoms with Crippen molar-refractivity contribution in [2.45, 2.75) is 19.9 Å². The van der Waals surface area contributed by atoms with Gasteiger partial charge < -0.3 is 15.2 Å². The van der Waals surface area contributed by atoms with Crippen LogP contribution in [0.2, 0.25) is 0 Å². The molecule has 20 heavy (non-hydrogen) atoms. The second-order valence-corrected chi connectivity index (χ2v) is 4.40. The Hall–Kier alpha value is -2.37. The molecule has 5 nitrogen and oxygen atoms in total. The van der Waals surface area contributed by atoms with E-state index in [9.17, 15) is 9.18 Å². The van der Waals surface area contributed by atoms with Crippen LogP contribution in [0.4, 0.5) is 10.2 Å². The number of aromatic nitrogens is 1. The zero-order valence-electron chi connectivity index (χ0n) is 11.1. The molecule has 1 aromatic carbocycles. The van der Waals surface area contributed by atoms with Crippen molar-refractivity contribution >= 4 is 11.7 Å². The van der Waals surface area contributed by atoms with Crippen molar-refractivity contribution in [3.05, 3.63) is 47.5 Å². The Morgan fingerprint density at radius 1 is 1.35 bits per heavy atom. The van der Waals surface area contributed by atoms with Crippen LogP contribution in [0.25, 0.3) is 0 Å².